The van der Waals surface area contributed by atoms with E-state index >= 15 is 0 Å². The summed E-state index contributed by atoms with van der Waals surface area (Å²) in [6.07, 6.45) is 0.694. The third-order valence-electron chi connectivity index (χ3n) is 3.97. The number of carboxylic acid groups (broad SMARTS) is 1. The number of carbonyl (C=O) groups excluding carboxylic acids is 1. The van der Waals surface area contributed by atoms with Crippen LogP contribution in [0.1, 0.15) is 33.6 Å². The highest BCUT2D eigenvalue weighted by Gasteiger charge is 2.27. The van der Waals surface area contributed by atoms with Gasteiger partial charge in [0.25, 0.3) is 0 Å². The molecule has 0 aromatic rings. The van der Waals surface area contributed by atoms with Gasteiger partial charge in [-0.05, 0) is 20.3 Å². The van der Waals surface area contributed by atoms with Crippen LogP contribution in [0.15, 0.2) is 0 Å². The second-order valence-corrected chi connectivity index (χ2v) is 6.01. The fourth-order valence-corrected chi connectivity index (χ4v) is 2.39. The zero-order valence-corrected chi connectivity index (χ0v) is 13.1. The first-order valence-corrected chi connectivity index (χ1v) is 7.46. The Hall–Kier alpha value is -1.34. The van der Waals surface area contributed by atoms with E-state index in [-0.39, 0.29) is 12.6 Å². The van der Waals surface area contributed by atoms with Gasteiger partial charge in [-0.15, -0.1) is 0 Å². The molecule has 7 heteroatoms. The zero-order chi connectivity index (χ0) is 16.0. The van der Waals surface area contributed by atoms with Gasteiger partial charge < -0.3 is 20.4 Å². The topological polar surface area (TPSA) is 93.1 Å². The number of amides is 2. The van der Waals surface area contributed by atoms with Crippen LogP contribution in [0.4, 0.5) is 4.79 Å². The lowest BCUT2D eigenvalue weighted by atomic mass is 10.0. The molecule has 1 heterocycles. The number of aliphatic carboxylic acids is 1. The molecule has 0 bridgehead atoms. The number of nitrogens with one attached hydrogen (secondary N) is 1. The van der Waals surface area contributed by atoms with Gasteiger partial charge in [0, 0.05) is 38.8 Å². The van der Waals surface area contributed by atoms with Gasteiger partial charge in [-0.25, -0.2) is 4.79 Å². The molecular weight excluding hydrogens is 274 g/mol. The van der Waals surface area contributed by atoms with Crippen molar-refractivity contribution < 1.29 is 19.8 Å². The van der Waals surface area contributed by atoms with Gasteiger partial charge in [0.05, 0.1) is 12.0 Å². The van der Waals surface area contributed by atoms with E-state index in [9.17, 15) is 14.7 Å². The van der Waals surface area contributed by atoms with Crippen molar-refractivity contribution in [2.24, 2.45) is 0 Å². The van der Waals surface area contributed by atoms with E-state index in [1.807, 2.05) is 0 Å². The molecule has 1 saturated heterocycles. The van der Waals surface area contributed by atoms with E-state index in [4.69, 9.17) is 5.11 Å². The average Bonchev–Trinajstić information content (AvgIpc) is 2.43. The maximum Gasteiger partial charge on any atom is 0.317 e. The van der Waals surface area contributed by atoms with E-state index in [0.29, 0.717) is 19.1 Å². The number of carbonyl (C=O) groups is 2. The van der Waals surface area contributed by atoms with Crippen molar-refractivity contribution in [1.82, 2.24) is 15.1 Å². The van der Waals surface area contributed by atoms with Crippen molar-refractivity contribution >= 4 is 12.0 Å². The molecule has 7 nitrogen and oxygen atoms in total. The molecule has 2 unspecified atom stereocenters. The van der Waals surface area contributed by atoms with Gasteiger partial charge >= 0.3 is 12.0 Å². The molecule has 21 heavy (non-hydrogen) atoms. The van der Waals surface area contributed by atoms with Crippen molar-refractivity contribution in [2.45, 2.75) is 45.3 Å². The first kappa shape index (κ1) is 17.7. The van der Waals surface area contributed by atoms with Gasteiger partial charge in [0.1, 0.15) is 0 Å². The summed E-state index contributed by atoms with van der Waals surface area (Å²) in [5.41, 5.74) is -1.43. The highest BCUT2D eigenvalue weighted by molar-refractivity contribution is 5.74. The number of rotatable bonds is 6. The van der Waals surface area contributed by atoms with Crippen LogP contribution in [0.3, 0.4) is 0 Å². The van der Waals surface area contributed by atoms with Crippen molar-refractivity contribution in [3.8, 4) is 0 Å². The quantitative estimate of drug-likeness (QED) is 0.658. The second-order valence-electron chi connectivity index (χ2n) is 6.01. The van der Waals surface area contributed by atoms with Crippen LogP contribution in [-0.4, -0.2) is 76.4 Å². The van der Waals surface area contributed by atoms with Crippen LogP contribution in [0.5, 0.6) is 0 Å². The number of piperazine rings is 1. The number of aliphatic hydroxyl groups is 1. The summed E-state index contributed by atoms with van der Waals surface area (Å²) in [5, 5.41) is 21.1. The summed E-state index contributed by atoms with van der Waals surface area (Å²) >= 11 is 0. The summed E-state index contributed by atoms with van der Waals surface area (Å²) in [6.45, 7) is 8.65. The minimum atomic E-state index is -1.43. The molecule has 1 aliphatic heterocycles. The average molecular weight is 301 g/mol. The zero-order valence-electron chi connectivity index (χ0n) is 13.1. The van der Waals surface area contributed by atoms with Crippen LogP contribution in [0.25, 0.3) is 0 Å². The van der Waals surface area contributed by atoms with E-state index < -0.39 is 18.0 Å². The third kappa shape index (κ3) is 5.89. The molecule has 0 radical (unpaired) electrons. The van der Waals surface area contributed by atoms with Crippen LogP contribution < -0.4 is 5.32 Å². The molecule has 3 N–H and O–H groups in total. The monoisotopic (exact) mass is 301 g/mol. The Labute approximate surface area is 125 Å². The van der Waals surface area contributed by atoms with Gasteiger partial charge in [-0.1, -0.05) is 6.92 Å². The van der Waals surface area contributed by atoms with E-state index in [1.165, 1.54) is 6.92 Å². The summed E-state index contributed by atoms with van der Waals surface area (Å²) in [4.78, 5) is 26.7. The Morgan fingerprint density at radius 1 is 1.29 bits per heavy atom. The molecule has 1 fully saturated rings. The van der Waals surface area contributed by atoms with Crippen LogP contribution in [0, 0.1) is 0 Å². The highest BCUT2D eigenvalue weighted by atomic mass is 16.4. The Morgan fingerprint density at radius 2 is 1.86 bits per heavy atom. The molecule has 0 aliphatic carbocycles. The molecule has 1 rings (SSSR count). The molecule has 0 spiro atoms. The summed E-state index contributed by atoms with van der Waals surface area (Å²) in [7, 11) is 0. The van der Waals surface area contributed by atoms with E-state index in [2.05, 4.69) is 24.1 Å². The summed E-state index contributed by atoms with van der Waals surface area (Å²) in [6, 6.07) is 0.274. The SMILES string of the molecule is CCC(C)N1CCN(C(=O)NCC(C)(O)CC(=O)O)CC1. The molecule has 0 aromatic carbocycles. The van der Waals surface area contributed by atoms with Gasteiger partial charge in [-0.3, -0.25) is 9.69 Å². The lowest BCUT2D eigenvalue weighted by molar-refractivity contribution is -0.141. The molecule has 2 atom stereocenters. The summed E-state index contributed by atoms with van der Waals surface area (Å²) < 4.78 is 0. The van der Waals surface area contributed by atoms with Crippen molar-refractivity contribution in [1.29, 1.82) is 0 Å². The Balaban J connectivity index is 2.36. The fourth-order valence-electron chi connectivity index (χ4n) is 2.39. The molecule has 0 saturated carbocycles. The maximum absolute atomic E-state index is 12.0. The fraction of sp³-hybridized carbons (Fsp3) is 0.857. The predicted molar refractivity (Wildman–Crippen MR) is 79.2 cm³/mol. The standard InChI is InChI=1S/C14H27N3O4/c1-4-11(2)16-5-7-17(8-6-16)13(20)15-10-14(3,21)9-12(18)19/h11,21H,4-10H2,1-3H3,(H,15,20)(H,18,19). The molecular formula is C14H27N3O4. The Bertz CT molecular complexity index is 365. The first-order chi connectivity index (χ1) is 9.75. The third-order valence-corrected chi connectivity index (χ3v) is 3.97. The minimum Gasteiger partial charge on any atom is -0.481 e. The van der Waals surface area contributed by atoms with E-state index in [1.54, 1.807) is 4.90 Å². The van der Waals surface area contributed by atoms with Gasteiger partial charge in [0.2, 0.25) is 0 Å². The van der Waals surface area contributed by atoms with Crippen LogP contribution in [-0.2, 0) is 4.79 Å². The smallest absolute Gasteiger partial charge is 0.317 e. The Morgan fingerprint density at radius 3 is 2.33 bits per heavy atom. The molecule has 1 aliphatic rings. The number of carboxylic acids is 1. The van der Waals surface area contributed by atoms with E-state index in [0.717, 1.165) is 19.5 Å². The number of nitrogens with zero attached hydrogens (tertiary/aromatic N) is 2. The van der Waals surface area contributed by atoms with Crippen LogP contribution >= 0.6 is 0 Å². The summed E-state index contributed by atoms with van der Waals surface area (Å²) in [5.74, 6) is -1.09. The normalized spacial score (nSPS) is 20.7. The predicted octanol–water partition coefficient (Wildman–Crippen LogP) is 0.338. The number of hydrogen-bond acceptors (Lipinski definition) is 4. The molecule has 2 amide bonds. The largest absolute Gasteiger partial charge is 0.481 e. The number of urea groups is 1. The van der Waals surface area contributed by atoms with Crippen LogP contribution in [0.2, 0.25) is 0 Å². The van der Waals surface area contributed by atoms with Crippen molar-refractivity contribution in [3.05, 3.63) is 0 Å². The van der Waals surface area contributed by atoms with Crippen molar-refractivity contribution in [3.63, 3.8) is 0 Å². The number of hydrogen-bond donors (Lipinski definition) is 3. The Kier molecular flexibility index (Phi) is 6.42. The highest BCUT2D eigenvalue weighted by Crippen LogP contribution is 2.10. The first-order valence-electron chi connectivity index (χ1n) is 7.46. The molecule has 0 aromatic heterocycles. The van der Waals surface area contributed by atoms with Gasteiger partial charge in [0.15, 0.2) is 0 Å². The maximum atomic E-state index is 12.0. The molecule has 122 valence electrons. The van der Waals surface area contributed by atoms with Gasteiger partial charge in [-0.2, -0.15) is 0 Å². The lowest BCUT2D eigenvalue weighted by Gasteiger charge is -2.38. The van der Waals surface area contributed by atoms with Crippen molar-refractivity contribution in [2.75, 3.05) is 32.7 Å². The second kappa shape index (κ2) is 7.61. The minimum absolute atomic E-state index is 0.0658. The lowest BCUT2D eigenvalue weighted by Crippen LogP contribution is -2.55.